The second kappa shape index (κ2) is 32.1. The summed E-state index contributed by atoms with van der Waals surface area (Å²) in [7, 11) is 0. The average Bonchev–Trinajstić information content (AvgIpc) is 3.79. The number of benzene rings is 2. The number of halogens is 2. The Kier molecular flexibility index (Phi) is 26.5. The minimum absolute atomic E-state index is 0.0911. The molecule has 81 heavy (non-hydrogen) atoms. The van der Waals surface area contributed by atoms with E-state index in [1.54, 1.807) is 55.8 Å². The Hall–Kier alpha value is -8.33. The maximum absolute atomic E-state index is 15.4. The SMILES string of the molecule is CC(=O)N[C@@H](CCCCN)C(=O)N[C@@H](C)C(=O)N[C@@H](C)C(=O)N[C@@H](CC(=O)N[C@@H](CCN(C(=O)CO)[C@@H](c1cc(-c2cc(F)ccc2F)cn1Cc1ccccc1)C(C)(C)C)C(=O)NCCC(=O)N[C@@H](CCC(=O)O)C(=O)O)C(N)=O. The number of aliphatic hydroxyl groups excluding tert-OH is 1. The van der Waals surface area contributed by atoms with E-state index in [0.717, 1.165) is 23.8 Å². The normalized spacial score (nSPS) is 13.8. The van der Waals surface area contributed by atoms with E-state index in [2.05, 4.69) is 37.2 Å². The molecule has 27 heteroatoms. The molecule has 3 aromatic rings. The van der Waals surface area contributed by atoms with Gasteiger partial charge in [-0.1, -0.05) is 51.1 Å². The van der Waals surface area contributed by atoms with E-state index in [1.165, 1.54) is 25.7 Å². The minimum Gasteiger partial charge on any atom is -0.481 e. The summed E-state index contributed by atoms with van der Waals surface area (Å²) in [5.74, 6) is -12.3. The van der Waals surface area contributed by atoms with E-state index in [0.29, 0.717) is 25.1 Å². The number of amides is 9. The van der Waals surface area contributed by atoms with Crippen LogP contribution in [0.3, 0.4) is 0 Å². The van der Waals surface area contributed by atoms with Crippen molar-refractivity contribution in [2.45, 2.75) is 142 Å². The van der Waals surface area contributed by atoms with Gasteiger partial charge >= 0.3 is 11.9 Å². The largest absolute Gasteiger partial charge is 0.481 e. The number of carboxylic acid groups (broad SMARTS) is 2. The van der Waals surface area contributed by atoms with Gasteiger partial charge in [0.15, 0.2) is 0 Å². The topological polar surface area (TPSA) is 393 Å². The molecule has 0 aliphatic rings. The number of hydrogen-bond acceptors (Lipinski definition) is 13. The second-order valence-electron chi connectivity index (χ2n) is 20.4. The number of aliphatic carboxylic acids is 2. The van der Waals surface area contributed by atoms with E-state index in [9.17, 15) is 67.3 Å². The lowest BCUT2D eigenvalue weighted by Crippen LogP contribution is -2.57. The molecule has 0 saturated carbocycles. The molecule has 7 atom stereocenters. The van der Waals surface area contributed by atoms with Crippen LogP contribution in [-0.2, 0) is 59.3 Å². The fourth-order valence-electron chi connectivity index (χ4n) is 8.60. The molecule has 0 saturated heterocycles. The molecule has 444 valence electrons. The molecule has 3 rings (SSSR count). The number of rotatable bonds is 33. The van der Waals surface area contributed by atoms with Crippen LogP contribution < -0.4 is 48.7 Å². The van der Waals surface area contributed by atoms with Crippen molar-refractivity contribution in [1.82, 2.24) is 46.7 Å². The quantitative estimate of drug-likeness (QED) is 0.0363. The zero-order valence-corrected chi connectivity index (χ0v) is 46.1. The van der Waals surface area contributed by atoms with Gasteiger partial charge in [0.05, 0.1) is 12.5 Å². The number of unbranched alkanes of at least 4 members (excludes halogenated alkanes) is 1. The average molecular weight is 1140 g/mol. The molecular formula is C54H75F2N11O14. The van der Waals surface area contributed by atoms with Crippen LogP contribution in [0.2, 0.25) is 0 Å². The van der Waals surface area contributed by atoms with Crippen LogP contribution in [0.4, 0.5) is 8.78 Å². The Morgan fingerprint density at radius 3 is 1.90 bits per heavy atom. The maximum atomic E-state index is 15.4. The molecule has 0 fully saturated rings. The number of aromatic nitrogens is 1. The third-order valence-electron chi connectivity index (χ3n) is 12.7. The van der Waals surface area contributed by atoms with E-state index >= 15 is 4.39 Å². The summed E-state index contributed by atoms with van der Waals surface area (Å²) in [4.78, 5) is 143. The van der Waals surface area contributed by atoms with Crippen LogP contribution in [0, 0.1) is 17.0 Å². The number of carboxylic acids is 2. The Morgan fingerprint density at radius 1 is 0.704 bits per heavy atom. The lowest BCUT2D eigenvalue weighted by atomic mass is 9.82. The van der Waals surface area contributed by atoms with Gasteiger partial charge in [-0.25, -0.2) is 13.6 Å². The van der Waals surface area contributed by atoms with Crippen molar-refractivity contribution in [1.29, 1.82) is 0 Å². The van der Waals surface area contributed by atoms with Crippen molar-refractivity contribution in [3.05, 3.63) is 83.7 Å². The van der Waals surface area contributed by atoms with Gasteiger partial charge in [-0.2, -0.15) is 0 Å². The van der Waals surface area contributed by atoms with E-state index in [-0.39, 0.29) is 24.1 Å². The van der Waals surface area contributed by atoms with E-state index < -0.39 is 176 Å². The first-order valence-corrected chi connectivity index (χ1v) is 26.1. The lowest BCUT2D eigenvalue weighted by Gasteiger charge is -2.41. The summed E-state index contributed by atoms with van der Waals surface area (Å²) in [5.41, 5.74) is 11.5. The van der Waals surface area contributed by atoms with Gasteiger partial charge in [0, 0.05) is 62.4 Å². The van der Waals surface area contributed by atoms with Crippen molar-refractivity contribution >= 4 is 65.1 Å². The number of hydrogen-bond donors (Lipinski definition) is 12. The second-order valence-corrected chi connectivity index (χ2v) is 20.4. The van der Waals surface area contributed by atoms with Gasteiger partial charge in [0.1, 0.15) is 54.5 Å². The van der Waals surface area contributed by atoms with Crippen LogP contribution in [0.25, 0.3) is 11.1 Å². The number of carbonyl (C=O) groups excluding carboxylic acids is 9. The lowest BCUT2D eigenvalue weighted by molar-refractivity contribution is -0.143. The van der Waals surface area contributed by atoms with Crippen molar-refractivity contribution in [3.63, 3.8) is 0 Å². The molecule has 25 nitrogen and oxygen atoms in total. The first-order valence-electron chi connectivity index (χ1n) is 26.1. The predicted octanol–water partition coefficient (Wildman–Crippen LogP) is 0.208. The van der Waals surface area contributed by atoms with Gasteiger partial charge in [-0.15, -0.1) is 0 Å². The Labute approximate surface area is 467 Å². The zero-order valence-electron chi connectivity index (χ0n) is 46.1. The summed E-state index contributed by atoms with van der Waals surface area (Å²) < 4.78 is 31.7. The summed E-state index contributed by atoms with van der Waals surface area (Å²) >= 11 is 0. The molecule has 9 amide bonds. The number of nitrogens with one attached hydrogen (secondary N) is 7. The molecule has 1 heterocycles. The monoisotopic (exact) mass is 1140 g/mol. The van der Waals surface area contributed by atoms with Gasteiger partial charge in [-0.3, -0.25) is 47.9 Å². The number of aliphatic hydroxyl groups is 1. The third kappa shape index (κ3) is 22.0. The highest BCUT2D eigenvalue weighted by atomic mass is 19.1. The highest BCUT2D eigenvalue weighted by molar-refractivity contribution is 5.97. The molecule has 0 aliphatic heterocycles. The summed E-state index contributed by atoms with van der Waals surface area (Å²) in [5, 5.41) is 45.7. The Morgan fingerprint density at radius 2 is 1.32 bits per heavy atom. The molecule has 0 radical (unpaired) electrons. The van der Waals surface area contributed by atoms with Crippen LogP contribution in [0.5, 0.6) is 0 Å². The van der Waals surface area contributed by atoms with Gasteiger partial charge in [-0.05, 0) is 87.7 Å². The summed E-state index contributed by atoms with van der Waals surface area (Å²) in [6.45, 7) is 7.65. The number of nitrogens with two attached hydrogens (primary N) is 2. The minimum atomic E-state index is -1.77. The van der Waals surface area contributed by atoms with Crippen LogP contribution >= 0.6 is 0 Å². The molecule has 0 spiro atoms. The molecule has 1 aromatic heterocycles. The van der Waals surface area contributed by atoms with Crippen LogP contribution in [0.15, 0.2) is 60.8 Å². The van der Waals surface area contributed by atoms with E-state index in [4.69, 9.17) is 16.6 Å². The Bertz CT molecular complexity index is 2720. The first kappa shape index (κ1) is 66.9. The molecule has 0 aliphatic carbocycles. The summed E-state index contributed by atoms with van der Waals surface area (Å²) in [6.07, 6.45) is -0.0463. The highest BCUT2D eigenvalue weighted by Gasteiger charge is 2.38. The molecule has 14 N–H and O–H groups in total. The fourth-order valence-corrected chi connectivity index (χ4v) is 8.60. The van der Waals surface area contributed by atoms with Gasteiger partial charge < -0.3 is 73.5 Å². The number of carbonyl (C=O) groups is 11. The molecule has 0 bridgehead atoms. The van der Waals surface area contributed by atoms with Crippen molar-refractivity contribution in [2.75, 3.05) is 26.2 Å². The Balaban J connectivity index is 1.96. The first-order chi connectivity index (χ1) is 38.1. The van der Waals surface area contributed by atoms with Crippen molar-refractivity contribution in [3.8, 4) is 11.1 Å². The third-order valence-corrected chi connectivity index (χ3v) is 12.7. The molecular weight excluding hydrogens is 1060 g/mol. The zero-order chi connectivity index (χ0) is 60.7. The number of nitrogens with zero attached hydrogens (tertiary/aromatic N) is 2. The number of primary amides is 1. The predicted molar refractivity (Wildman–Crippen MR) is 288 cm³/mol. The van der Waals surface area contributed by atoms with Gasteiger partial charge in [0.2, 0.25) is 53.2 Å². The standard InChI is InChI=1S/C54H75F2N11O14/c1-30(61-52(79)38(62-32(3)69)14-10-11-21-57)49(76)60-31(2)50(77)65-41(48(58)75)26-44(71)63-39(51(78)59-22-19-43(70)64-40(53(80)81)17-18-46(73)74)20-23-67(45(72)29-68)47(54(4,5)6)42-24-34(36-25-35(55)15-16-37(36)56)28-66(42)27-33-12-8-7-9-13-33/h7-9,12-13,15-16,24-25,28,30-31,38-41,47,68H,10-11,14,17-23,26-27,29,57H2,1-6H3,(H2,58,75)(H,59,78)(H,60,76)(H,61,79)(H,62,69)(H,63,71)(H,64,70)(H,65,77)(H,73,74)(H,80,81)/t30-,31-,38-,39-,40-,41-,47-/m0/s1. The van der Waals surface area contributed by atoms with Crippen molar-refractivity contribution in [2.24, 2.45) is 16.9 Å². The molecule has 2 aromatic carbocycles. The van der Waals surface area contributed by atoms with Gasteiger partial charge in [0.25, 0.3) is 0 Å². The van der Waals surface area contributed by atoms with E-state index in [1.807, 2.05) is 12.1 Å². The molecule has 0 unspecified atom stereocenters. The smallest absolute Gasteiger partial charge is 0.326 e. The van der Waals surface area contributed by atoms with Crippen LogP contribution in [0.1, 0.15) is 110 Å². The maximum Gasteiger partial charge on any atom is 0.326 e. The summed E-state index contributed by atoms with van der Waals surface area (Å²) in [6, 6.07) is 3.92. The fraction of sp³-hybridized carbons (Fsp3) is 0.500. The van der Waals surface area contributed by atoms with Crippen molar-refractivity contribution < 1.29 is 76.8 Å². The van der Waals surface area contributed by atoms with Crippen LogP contribution in [-0.4, -0.2) is 152 Å². The highest BCUT2D eigenvalue weighted by Crippen LogP contribution is 2.41.